The Labute approximate surface area is 142 Å². The molecule has 3 aromatic rings. The first-order chi connectivity index (χ1) is 11.0. The lowest BCUT2D eigenvalue weighted by atomic mass is 10.3. The second-order valence-electron chi connectivity index (χ2n) is 4.86. The molecule has 5 nitrogen and oxygen atoms in total. The molecular weight excluding hydrogens is 335 g/mol. The third-order valence-corrected chi connectivity index (χ3v) is 3.68. The van der Waals surface area contributed by atoms with Crippen molar-refractivity contribution in [1.82, 2.24) is 14.8 Å². The molecule has 0 spiro atoms. The highest BCUT2D eigenvalue weighted by molar-refractivity contribution is 6.30. The molecule has 0 unspecified atom stereocenters. The molecule has 3 rings (SSSR count). The Morgan fingerprint density at radius 1 is 1.22 bits per heavy atom. The van der Waals surface area contributed by atoms with E-state index in [-0.39, 0.29) is 5.56 Å². The highest BCUT2D eigenvalue weighted by atomic mass is 35.5. The summed E-state index contributed by atoms with van der Waals surface area (Å²) in [5.74, 6) is 0.476. The molecule has 7 heteroatoms. The molecule has 23 heavy (non-hydrogen) atoms. The van der Waals surface area contributed by atoms with Crippen LogP contribution in [0.4, 0.5) is 5.82 Å². The van der Waals surface area contributed by atoms with Crippen LogP contribution >= 0.6 is 23.2 Å². The van der Waals surface area contributed by atoms with Gasteiger partial charge in [0.25, 0.3) is 5.56 Å². The highest BCUT2D eigenvalue weighted by Gasteiger charge is 2.10. The Morgan fingerprint density at radius 2 is 2.04 bits per heavy atom. The smallest absolute Gasteiger partial charge is 0.280 e. The molecule has 0 aliphatic rings. The van der Waals surface area contributed by atoms with Crippen LogP contribution in [0.1, 0.15) is 11.3 Å². The summed E-state index contributed by atoms with van der Waals surface area (Å²) in [6.07, 6.45) is 2.99. The molecule has 0 aliphatic carbocycles. The van der Waals surface area contributed by atoms with Crippen molar-refractivity contribution in [2.45, 2.75) is 6.92 Å². The van der Waals surface area contributed by atoms with E-state index in [1.807, 2.05) is 0 Å². The van der Waals surface area contributed by atoms with Gasteiger partial charge in [-0.1, -0.05) is 29.3 Å². The Hall–Kier alpha value is -2.37. The zero-order valence-electron chi connectivity index (χ0n) is 12.1. The van der Waals surface area contributed by atoms with E-state index >= 15 is 0 Å². The van der Waals surface area contributed by atoms with Gasteiger partial charge in [-0.05, 0) is 37.3 Å². The number of aromatic amines is 1. The Balaban J connectivity index is 1.98. The van der Waals surface area contributed by atoms with Gasteiger partial charge in [-0.2, -0.15) is 0 Å². The molecule has 1 aromatic carbocycles. The van der Waals surface area contributed by atoms with Crippen LogP contribution in [-0.4, -0.2) is 21.0 Å². The molecule has 0 aliphatic heterocycles. The molecule has 2 heterocycles. The van der Waals surface area contributed by atoms with Crippen LogP contribution in [0.3, 0.4) is 0 Å². The van der Waals surface area contributed by atoms with Crippen LogP contribution in [-0.2, 0) is 0 Å². The lowest BCUT2D eigenvalue weighted by Crippen LogP contribution is -2.17. The number of aryl methyl sites for hydroxylation is 1. The minimum absolute atomic E-state index is 0.206. The van der Waals surface area contributed by atoms with Gasteiger partial charge in [0.05, 0.1) is 16.3 Å². The standard InChI is InChI=1S/C16H12Cl2N4O/c1-10-14(9-20-15-6-5-12(18)8-19-15)16(23)22(21-10)13-4-2-3-11(17)7-13/h2-9,21H,1H3. The maximum atomic E-state index is 12.5. The topological polar surface area (TPSA) is 63.0 Å². The van der Waals surface area contributed by atoms with Crippen LogP contribution < -0.4 is 5.56 Å². The van der Waals surface area contributed by atoms with Gasteiger partial charge in [0.15, 0.2) is 5.82 Å². The molecule has 0 radical (unpaired) electrons. The molecule has 0 saturated carbocycles. The zero-order chi connectivity index (χ0) is 16.4. The number of aliphatic imine (C=N–C) groups is 1. The fourth-order valence-electron chi connectivity index (χ4n) is 2.08. The summed E-state index contributed by atoms with van der Waals surface area (Å²) in [6, 6.07) is 10.4. The maximum absolute atomic E-state index is 12.5. The zero-order valence-corrected chi connectivity index (χ0v) is 13.6. The number of pyridine rings is 1. The van der Waals surface area contributed by atoms with E-state index in [1.165, 1.54) is 17.1 Å². The molecule has 116 valence electrons. The molecule has 0 atom stereocenters. The number of nitrogens with zero attached hydrogens (tertiary/aromatic N) is 3. The number of H-pyrrole nitrogens is 1. The number of hydrogen-bond donors (Lipinski definition) is 1. The van der Waals surface area contributed by atoms with Gasteiger partial charge in [-0.25, -0.2) is 14.7 Å². The number of aromatic nitrogens is 3. The van der Waals surface area contributed by atoms with Gasteiger partial charge < -0.3 is 0 Å². The summed E-state index contributed by atoms with van der Waals surface area (Å²) >= 11 is 11.8. The highest BCUT2D eigenvalue weighted by Crippen LogP contribution is 2.14. The van der Waals surface area contributed by atoms with Crippen molar-refractivity contribution < 1.29 is 0 Å². The first-order valence-electron chi connectivity index (χ1n) is 6.78. The second kappa shape index (κ2) is 6.40. The summed E-state index contributed by atoms with van der Waals surface area (Å²) in [5, 5.41) is 4.10. The van der Waals surface area contributed by atoms with Crippen LogP contribution in [0.15, 0.2) is 52.4 Å². The average Bonchev–Trinajstić information content (AvgIpc) is 2.82. The van der Waals surface area contributed by atoms with Gasteiger partial charge in [0.2, 0.25) is 0 Å². The lowest BCUT2D eigenvalue weighted by Gasteiger charge is -2.01. The number of nitrogens with one attached hydrogen (secondary N) is 1. The van der Waals surface area contributed by atoms with Crippen LogP contribution in [0, 0.1) is 6.92 Å². The summed E-state index contributed by atoms with van der Waals surface area (Å²) in [7, 11) is 0. The van der Waals surface area contributed by atoms with E-state index in [9.17, 15) is 4.79 Å². The van der Waals surface area contributed by atoms with Crippen molar-refractivity contribution in [1.29, 1.82) is 0 Å². The number of rotatable bonds is 3. The molecule has 0 fully saturated rings. The average molecular weight is 347 g/mol. The quantitative estimate of drug-likeness (QED) is 0.730. The summed E-state index contributed by atoms with van der Waals surface area (Å²) in [4.78, 5) is 20.8. The molecule has 1 N–H and O–H groups in total. The summed E-state index contributed by atoms with van der Waals surface area (Å²) in [6.45, 7) is 1.80. The van der Waals surface area contributed by atoms with Crippen molar-refractivity contribution in [3.63, 3.8) is 0 Å². The van der Waals surface area contributed by atoms with E-state index in [0.29, 0.717) is 32.8 Å². The van der Waals surface area contributed by atoms with Gasteiger partial charge in [0.1, 0.15) is 0 Å². The molecule has 0 saturated heterocycles. The largest absolute Gasteiger partial charge is 0.295 e. The van der Waals surface area contributed by atoms with Gasteiger partial charge >= 0.3 is 0 Å². The fourth-order valence-corrected chi connectivity index (χ4v) is 2.38. The first-order valence-corrected chi connectivity index (χ1v) is 7.53. The number of benzene rings is 1. The Bertz CT molecular complexity index is 926. The van der Waals surface area contributed by atoms with Gasteiger partial charge in [-0.3, -0.25) is 9.89 Å². The van der Waals surface area contributed by atoms with E-state index in [4.69, 9.17) is 23.2 Å². The predicted octanol–water partition coefficient (Wildman–Crippen LogP) is 3.93. The maximum Gasteiger partial charge on any atom is 0.280 e. The molecule has 2 aromatic heterocycles. The van der Waals surface area contributed by atoms with Crippen molar-refractivity contribution in [2.75, 3.05) is 0 Å². The van der Waals surface area contributed by atoms with Crippen LogP contribution in [0.2, 0.25) is 10.0 Å². The normalized spacial score (nSPS) is 11.3. The molecular formula is C16H12Cl2N4O. The minimum Gasteiger partial charge on any atom is -0.295 e. The minimum atomic E-state index is -0.206. The van der Waals surface area contributed by atoms with Crippen LogP contribution in [0.5, 0.6) is 0 Å². The summed E-state index contributed by atoms with van der Waals surface area (Å²) in [5.41, 5.74) is 1.62. The molecule has 0 bridgehead atoms. The first kappa shape index (κ1) is 15.5. The van der Waals surface area contributed by atoms with Gasteiger partial charge in [-0.15, -0.1) is 0 Å². The van der Waals surface area contributed by atoms with Crippen LogP contribution in [0.25, 0.3) is 5.69 Å². The lowest BCUT2D eigenvalue weighted by molar-refractivity contribution is 0.835. The Morgan fingerprint density at radius 3 is 2.74 bits per heavy atom. The number of halogens is 2. The Kier molecular flexibility index (Phi) is 4.32. The van der Waals surface area contributed by atoms with Crippen molar-refractivity contribution in [3.05, 3.63) is 74.3 Å². The monoisotopic (exact) mass is 346 g/mol. The van der Waals surface area contributed by atoms with E-state index in [1.54, 1.807) is 43.3 Å². The van der Waals surface area contributed by atoms with Crippen molar-refractivity contribution >= 4 is 35.2 Å². The van der Waals surface area contributed by atoms with E-state index in [0.717, 1.165) is 0 Å². The summed E-state index contributed by atoms with van der Waals surface area (Å²) < 4.78 is 1.43. The van der Waals surface area contributed by atoms with Crippen molar-refractivity contribution in [3.8, 4) is 5.69 Å². The van der Waals surface area contributed by atoms with E-state index < -0.39 is 0 Å². The van der Waals surface area contributed by atoms with E-state index in [2.05, 4.69) is 15.1 Å². The second-order valence-corrected chi connectivity index (χ2v) is 5.74. The predicted molar refractivity (Wildman–Crippen MR) is 92.6 cm³/mol. The fraction of sp³-hybridized carbons (Fsp3) is 0.0625. The SMILES string of the molecule is Cc1[nH]n(-c2cccc(Cl)c2)c(=O)c1C=Nc1ccc(Cl)cn1. The third kappa shape index (κ3) is 3.36. The number of hydrogen-bond acceptors (Lipinski definition) is 3. The van der Waals surface area contributed by atoms with Crippen molar-refractivity contribution in [2.24, 2.45) is 4.99 Å². The molecule has 0 amide bonds. The van der Waals surface area contributed by atoms with Gasteiger partial charge in [0, 0.05) is 23.1 Å². The third-order valence-electron chi connectivity index (χ3n) is 3.22.